The molecule has 0 spiro atoms. The lowest BCUT2D eigenvalue weighted by Gasteiger charge is -2.04. The number of nitrogens with two attached hydrogens (primary N) is 1. The van der Waals surface area contributed by atoms with Crippen molar-refractivity contribution in [1.29, 1.82) is 0 Å². The summed E-state index contributed by atoms with van der Waals surface area (Å²) >= 11 is 7.99. The Morgan fingerprint density at radius 1 is 1.62 bits per heavy atom. The molecule has 1 amide bonds. The first-order valence-electron chi connectivity index (χ1n) is 3.46. The van der Waals surface area contributed by atoms with Crippen LogP contribution in [0.3, 0.4) is 0 Å². The molecule has 0 saturated heterocycles. The highest BCUT2D eigenvalue weighted by molar-refractivity contribution is 14.1. The standard InChI is InChI=1S/C8H7ClINO2/c9-7-2-1-6(10)3-5(7)4-13-8(11)12/h1-3H,4H2,(H2,11,12). The summed E-state index contributed by atoms with van der Waals surface area (Å²) in [6, 6.07) is 5.46. The molecule has 1 aromatic rings. The van der Waals surface area contributed by atoms with Gasteiger partial charge >= 0.3 is 6.09 Å². The lowest BCUT2D eigenvalue weighted by molar-refractivity contribution is 0.150. The topological polar surface area (TPSA) is 52.3 Å². The molecule has 0 radical (unpaired) electrons. The lowest BCUT2D eigenvalue weighted by atomic mass is 10.2. The van der Waals surface area contributed by atoms with Crippen LogP contribution in [0.2, 0.25) is 5.02 Å². The highest BCUT2D eigenvalue weighted by Gasteiger charge is 2.02. The van der Waals surface area contributed by atoms with E-state index < -0.39 is 6.09 Å². The first-order chi connectivity index (χ1) is 6.09. The van der Waals surface area contributed by atoms with Crippen molar-refractivity contribution in [3.8, 4) is 0 Å². The summed E-state index contributed by atoms with van der Waals surface area (Å²) in [5.74, 6) is 0. The van der Waals surface area contributed by atoms with E-state index in [2.05, 4.69) is 27.3 Å². The van der Waals surface area contributed by atoms with Crippen molar-refractivity contribution in [2.45, 2.75) is 6.61 Å². The van der Waals surface area contributed by atoms with Crippen LogP contribution in [0.15, 0.2) is 18.2 Å². The molecule has 13 heavy (non-hydrogen) atoms. The second-order valence-corrected chi connectivity index (χ2v) is 4.00. The van der Waals surface area contributed by atoms with Crippen molar-refractivity contribution in [3.63, 3.8) is 0 Å². The molecule has 0 atom stereocenters. The fourth-order valence-electron chi connectivity index (χ4n) is 0.803. The Labute approximate surface area is 94.3 Å². The van der Waals surface area contributed by atoms with Gasteiger partial charge in [0.1, 0.15) is 6.61 Å². The quantitative estimate of drug-likeness (QED) is 0.853. The Hall–Kier alpha value is -0.490. The van der Waals surface area contributed by atoms with Crippen LogP contribution in [0.25, 0.3) is 0 Å². The summed E-state index contributed by atoms with van der Waals surface area (Å²) in [7, 11) is 0. The summed E-state index contributed by atoms with van der Waals surface area (Å²) < 4.78 is 5.65. The summed E-state index contributed by atoms with van der Waals surface area (Å²) in [6.07, 6.45) is -0.796. The number of primary amides is 1. The van der Waals surface area contributed by atoms with Gasteiger partial charge in [-0.3, -0.25) is 0 Å². The van der Waals surface area contributed by atoms with Crippen molar-refractivity contribution in [2.24, 2.45) is 5.73 Å². The van der Waals surface area contributed by atoms with Crippen LogP contribution in [0.1, 0.15) is 5.56 Å². The van der Waals surface area contributed by atoms with E-state index in [0.29, 0.717) is 5.02 Å². The van der Waals surface area contributed by atoms with Crippen LogP contribution < -0.4 is 5.73 Å². The van der Waals surface area contributed by atoms with Gasteiger partial charge in [-0.25, -0.2) is 4.79 Å². The maximum atomic E-state index is 10.3. The third-order valence-corrected chi connectivity index (χ3v) is 2.42. The molecule has 2 N–H and O–H groups in total. The molecule has 0 unspecified atom stereocenters. The fraction of sp³-hybridized carbons (Fsp3) is 0.125. The zero-order valence-corrected chi connectivity index (χ0v) is 9.50. The molecule has 0 aromatic heterocycles. The van der Waals surface area contributed by atoms with Crippen molar-refractivity contribution in [3.05, 3.63) is 32.4 Å². The Balaban J connectivity index is 2.75. The summed E-state index contributed by atoms with van der Waals surface area (Å²) in [4.78, 5) is 10.3. The van der Waals surface area contributed by atoms with Gasteiger partial charge in [0.15, 0.2) is 0 Å². The predicted molar refractivity (Wildman–Crippen MR) is 58.5 cm³/mol. The Morgan fingerprint density at radius 3 is 2.92 bits per heavy atom. The molecular weight excluding hydrogens is 304 g/mol. The van der Waals surface area contributed by atoms with Crippen LogP contribution in [-0.4, -0.2) is 6.09 Å². The van der Waals surface area contributed by atoms with E-state index in [-0.39, 0.29) is 6.61 Å². The summed E-state index contributed by atoms with van der Waals surface area (Å²) in [5, 5.41) is 0.571. The molecule has 0 fully saturated rings. The van der Waals surface area contributed by atoms with Gasteiger partial charge in [0, 0.05) is 14.2 Å². The minimum Gasteiger partial charge on any atom is -0.445 e. The zero-order valence-electron chi connectivity index (χ0n) is 6.59. The smallest absolute Gasteiger partial charge is 0.404 e. The van der Waals surface area contributed by atoms with Crippen LogP contribution in [0, 0.1) is 3.57 Å². The Kier molecular flexibility index (Phi) is 3.80. The number of benzene rings is 1. The number of hydrogen-bond donors (Lipinski definition) is 1. The molecule has 0 aliphatic carbocycles. The van der Waals surface area contributed by atoms with Crippen molar-refractivity contribution < 1.29 is 9.53 Å². The number of hydrogen-bond acceptors (Lipinski definition) is 2. The minimum absolute atomic E-state index is 0.116. The maximum Gasteiger partial charge on any atom is 0.404 e. The maximum absolute atomic E-state index is 10.3. The van der Waals surface area contributed by atoms with Crippen LogP contribution in [-0.2, 0) is 11.3 Å². The van der Waals surface area contributed by atoms with Gasteiger partial charge in [-0.05, 0) is 40.8 Å². The average molecular weight is 312 g/mol. The van der Waals surface area contributed by atoms with E-state index in [1.54, 1.807) is 6.07 Å². The zero-order chi connectivity index (χ0) is 9.84. The second-order valence-electron chi connectivity index (χ2n) is 2.34. The largest absolute Gasteiger partial charge is 0.445 e. The van der Waals surface area contributed by atoms with E-state index in [1.807, 2.05) is 12.1 Å². The van der Waals surface area contributed by atoms with Crippen molar-refractivity contribution in [1.82, 2.24) is 0 Å². The highest BCUT2D eigenvalue weighted by atomic mass is 127. The number of carbonyl (C=O) groups excluding carboxylic acids is 1. The normalized spacial score (nSPS) is 9.69. The van der Waals surface area contributed by atoms with Crippen LogP contribution in [0.4, 0.5) is 4.79 Å². The van der Waals surface area contributed by atoms with E-state index in [0.717, 1.165) is 9.13 Å². The van der Waals surface area contributed by atoms with Gasteiger partial charge in [0.2, 0.25) is 0 Å². The van der Waals surface area contributed by atoms with Gasteiger partial charge in [0.25, 0.3) is 0 Å². The number of halogens is 2. The van der Waals surface area contributed by atoms with Gasteiger partial charge < -0.3 is 10.5 Å². The molecule has 5 heteroatoms. The first kappa shape index (κ1) is 10.6. The van der Waals surface area contributed by atoms with E-state index >= 15 is 0 Å². The van der Waals surface area contributed by atoms with E-state index in [1.165, 1.54) is 0 Å². The van der Waals surface area contributed by atoms with E-state index in [4.69, 9.17) is 17.3 Å². The Morgan fingerprint density at radius 2 is 2.31 bits per heavy atom. The average Bonchev–Trinajstić information content (AvgIpc) is 2.06. The molecular formula is C8H7ClINO2. The Bertz CT molecular complexity index is 330. The van der Waals surface area contributed by atoms with Gasteiger partial charge in [-0.2, -0.15) is 0 Å². The molecule has 1 aromatic carbocycles. The fourth-order valence-corrected chi connectivity index (χ4v) is 1.53. The minimum atomic E-state index is -0.796. The summed E-state index contributed by atoms with van der Waals surface area (Å²) in [6.45, 7) is 0.116. The van der Waals surface area contributed by atoms with Gasteiger partial charge in [0.05, 0.1) is 0 Å². The predicted octanol–water partition coefficient (Wildman–Crippen LogP) is 2.54. The van der Waals surface area contributed by atoms with Gasteiger partial charge in [-0.1, -0.05) is 11.6 Å². The molecule has 0 saturated carbocycles. The molecule has 1 rings (SSSR count). The van der Waals surface area contributed by atoms with Crippen LogP contribution in [0.5, 0.6) is 0 Å². The monoisotopic (exact) mass is 311 g/mol. The van der Waals surface area contributed by atoms with Crippen LogP contribution >= 0.6 is 34.2 Å². The SMILES string of the molecule is NC(=O)OCc1cc(I)ccc1Cl. The lowest BCUT2D eigenvalue weighted by Crippen LogP contribution is -2.12. The number of rotatable bonds is 2. The van der Waals surface area contributed by atoms with Crippen molar-refractivity contribution >= 4 is 40.3 Å². The number of ether oxygens (including phenoxy) is 1. The number of amides is 1. The molecule has 0 aliphatic rings. The first-order valence-corrected chi connectivity index (χ1v) is 4.91. The second kappa shape index (κ2) is 4.66. The molecule has 70 valence electrons. The molecule has 0 aliphatic heterocycles. The summed E-state index contributed by atoms with van der Waals surface area (Å²) in [5.41, 5.74) is 5.58. The van der Waals surface area contributed by atoms with Gasteiger partial charge in [-0.15, -0.1) is 0 Å². The number of carbonyl (C=O) groups is 1. The van der Waals surface area contributed by atoms with E-state index in [9.17, 15) is 4.79 Å². The third-order valence-electron chi connectivity index (χ3n) is 1.38. The van der Waals surface area contributed by atoms with Crippen molar-refractivity contribution in [2.75, 3.05) is 0 Å². The molecule has 0 bridgehead atoms. The molecule has 0 heterocycles. The molecule has 3 nitrogen and oxygen atoms in total. The highest BCUT2D eigenvalue weighted by Crippen LogP contribution is 2.19. The third kappa shape index (κ3) is 3.40.